The van der Waals surface area contributed by atoms with E-state index in [1.54, 1.807) is 0 Å². The number of carbonyl (C=O) groups is 1. The third-order valence-corrected chi connectivity index (χ3v) is 2.27. The van der Waals surface area contributed by atoms with Crippen molar-refractivity contribution in [3.05, 3.63) is 12.2 Å². The molecule has 0 aliphatic rings. The Morgan fingerprint density at radius 2 is 2.06 bits per heavy atom. The normalized spacial score (nSPS) is 12.9. The fourth-order valence-corrected chi connectivity index (χ4v) is 1.41. The molecule has 16 heavy (non-hydrogen) atoms. The minimum atomic E-state index is -1.38. The molecule has 0 saturated heterocycles. The van der Waals surface area contributed by atoms with E-state index >= 15 is 0 Å². The second-order valence-electron chi connectivity index (χ2n) is 3.71. The molecule has 0 amide bonds. The zero-order chi connectivity index (χ0) is 12.2. The molecule has 94 valence electrons. The lowest BCUT2D eigenvalue weighted by molar-refractivity contribution is -0.286. The highest BCUT2D eigenvalue weighted by molar-refractivity contribution is 5.55. The van der Waals surface area contributed by atoms with Crippen LogP contribution in [0, 0.1) is 0 Å². The molecular formula is C12H22O4. The molecule has 0 aromatic heterocycles. The summed E-state index contributed by atoms with van der Waals surface area (Å²) in [5.41, 5.74) is 0. The Balaban J connectivity index is 3.75. The van der Waals surface area contributed by atoms with E-state index in [0.29, 0.717) is 0 Å². The third-order valence-electron chi connectivity index (χ3n) is 2.27. The van der Waals surface area contributed by atoms with Crippen LogP contribution in [0.5, 0.6) is 0 Å². The van der Waals surface area contributed by atoms with Crippen molar-refractivity contribution < 1.29 is 19.7 Å². The minimum Gasteiger partial charge on any atom is -0.448 e. The zero-order valence-corrected chi connectivity index (χ0v) is 10.1. The van der Waals surface area contributed by atoms with Crippen LogP contribution >= 0.6 is 0 Å². The van der Waals surface area contributed by atoms with Crippen molar-refractivity contribution in [1.29, 1.82) is 0 Å². The Labute approximate surface area is 97.2 Å². The van der Waals surface area contributed by atoms with E-state index in [2.05, 4.69) is 17.9 Å². The van der Waals surface area contributed by atoms with E-state index in [1.165, 1.54) is 0 Å². The largest absolute Gasteiger partial charge is 0.537 e. The summed E-state index contributed by atoms with van der Waals surface area (Å²) < 4.78 is 0. The number of carboxylic acid groups (broad SMARTS) is 1. The number of rotatable bonds is 9. The molecule has 0 bridgehead atoms. The predicted octanol–water partition coefficient (Wildman–Crippen LogP) is 3.92. The van der Waals surface area contributed by atoms with E-state index in [-0.39, 0.29) is 6.10 Å². The van der Waals surface area contributed by atoms with E-state index in [0.717, 1.165) is 38.5 Å². The summed E-state index contributed by atoms with van der Waals surface area (Å²) in [6, 6.07) is 0. The summed E-state index contributed by atoms with van der Waals surface area (Å²) in [6.07, 6.45) is 8.37. The van der Waals surface area contributed by atoms with E-state index in [9.17, 15) is 4.79 Å². The number of hydrogen-bond acceptors (Lipinski definition) is 3. The second-order valence-corrected chi connectivity index (χ2v) is 3.71. The van der Waals surface area contributed by atoms with Crippen LogP contribution in [0.1, 0.15) is 52.4 Å². The Hall–Kier alpha value is -1.03. The number of unbranched alkanes of at least 4 members (excludes halogenated alkanes) is 2. The molecule has 0 aromatic rings. The maximum absolute atomic E-state index is 10.2. The Morgan fingerprint density at radius 1 is 1.38 bits per heavy atom. The zero-order valence-electron chi connectivity index (χ0n) is 10.1. The summed E-state index contributed by atoms with van der Waals surface area (Å²) in [6.45, 7) is 4.08. The Bertz CT molecular complexity index is 201. The molecule has 0 aliphatic carbocycles. The van der Waals surface area contributed by atoms with Gasteiger partial charge in [0.15, 0.2) is 0 Å². The lowest BCUT2D eigenvalue weighted by Crippen LogP contribution is -2.15. The van der Waals surface area contributed by atoms with Gasteiger partial charge in [-0.3, -0.25) is 4.89 Å². The topological polar surface area (TPSA) is 55.8 Å². The molecule has 4 heteroatoms. The minimum absolute atomic E-state index is 0.110. The molecule has 0 spiro atoms. The molecule has 1 atom stereocenters. The summed E-state index contributed by atoms with van der Waals surface area (Å²) >= 11 is 0. The van der Waals surface area contributed by atoms with Crippen molar-refractivity contribution in [2.45, 2.75) is 58.5 Å². The summed E-state index contributed by atoms with van der Waals surface area (Å²) in [5, 5.41) is 8.34. The lowest BCUT2D eigenvalue weighted by atomic mass is 10.1. The molecule has 4 nitrogen and oxygen atoms in total. The lowest BCUT2D eigenvalue weighted by Gasteiger charge is -2.13. The van der Waals surface area contributed by atoms with Gasteiger partial charge in [-0.15, -0.1) is 0 Å². The fraction of sp³-hybridized carbons (Fsp3) is 0.750. The van der Waals surface area contributed by atoms with Crippen molar-refractivity contribution in [2.75, 3.05) is 0 Å². The highest BCUT2D eigenvalue weighted by atomic mass is 17.2. The first-order chi connectivity index (χ1) is 7.70. The van der Waals surface area contributed by atoms with E-state index in [4.69, 9.17) is 9.99 Å². The van der Waals surface area contributed by atoms with Gasteiger partial charge >= 0.3 is 6.16 Å². The van der Waals surface area contributed by atoms with Crippen LogP contribution in [-0.2, 0) is 9.78 Å². The highest BCUT2D eigenvalue weighted by Gasteiger charge is 2.11. The third kappa shape index (κ3) is 9.52. The molecule has 0 aliphatic heterocycles. The summed E-state index contributed by atoms with van der Waals surface area (Å²) in [7, 11) is 0. The molecule has 0 fully saturated rings. The van der Waals surface area contributed by atoms with Crippen molar-refractivity contribution in [1.82, 2.24) is 0 Å². The maximum Gasteiger partial charge on any atom is 0.537 e. The second kappa shape index (κ2) is 10.5. The average molecular weight is 230 g/mol. The standard InChI is InChI=1S/C12H22O4/c1-3-5-7-8-10-11(9-6-4-2)15-16-12(13)14/h3,5,11H,4,6-10H2,1-2H3,(H,13,14). The smallest absolute Gasteiger partial charge is 0.448 e. The highest BCUT2D eigenvalue weighted by Crippen LogP contribution is 2.13. The van der Waals surface area contributed by atoms with Crippen molar-refractivity contribution >= 4 is 6.16 Å². The van der Waals surface area contributed by atoms with Crippen molar-refractivity contribution in [2.24, 2.45) is 0 Å². The molecule has 0 saturated carbocycles. The number of allylic oxidation sites excluding steroid dienone is 2. The first kappa shape index (κ1) is 15.0. The van der Waals surface area contributed by atoms with Crippen LogP contribution in [0.15, 0.2) is 12.2 Å². The van der Waals surface area contributed by atoms with Gasteiger partial charge in [0.1, 0.15) is 6.10 Å². The molecule has 0 rings (SSSR count). The van der Waals surface area contributed by atoms with Gasteiger partial charge in [-0.25, -0.2) is 4.79 Å². The van der Waals surface area contributed by atoms with Crippen molar-refractivity contribution in [3.63, 3.8) is 0 Å². The monoisotopic (exact) mass is 230 g/mol. The SMILES string of the molecule is CC=CCCCC(CCCC)OOC(=O)O. The van der Waals surface area contributed by atoms with Gasteiger partial charge in [0.25, 0.3) is 0 Å². The molecular weight excluding hydrogens is 208 g/mol. The van der Waals surface area contributed by atoms with Crippen LogP contribution in [0.2, 0.25) is 0 Å². The van der Waals surface area contributed by atoms with Gasteiger partial charge < -0.3 is 5.11 Å². The molecule has 0 heterocycles. The first-order valence-electron chi connectivity index (χ1n) is 5.88. The van der Waals surface area contributed by atoms with Gasteiger partial charge in [-0.1, -0.05) is 31.9 Å². The van der Waals surface area contributed by atoms with Gasteiger partial charge in [-0.2, -0.15) is 4.89 Å². The molecule has 0 aromatic carbocycles. The van der Waals surface area contributed by atoms with Gasteiger partial charge in [0.05, 0.1) is 0 Å². The fourth-order valence-electron chi connectivity index (χ4n) is 1.41. The van der Waals surface area contributed by atoms with Gasteiger partial charge in [0, 0.05) is 0 Å². The summed E-state index contributed by atoms with van der Waals surface area (Å²) in [4.78, 5) is 19.2. The van der Waals surface area contributed by atoms with E-state index in [1.807, 2.05) is 13.0 Å². The van der Waals surface area contributed by atoms with Crippen LogP contribution in [0.25, 0.3) is 0 Å². The predicted molar refractivity (Wildman–Crippen MR) is 62.2 cm³/mol. The number of hydrogen-bond donors (Lipinski definition) is 1. The van der Waals surface area contributed by atoms with Crippen LogP contribution in [0.4, 0.5) is 4.79 Å². The van der Waals surface area contributed by atoms with Crippen molar-refractivity contribution in [3.8, 4) is 0 Å². The quantitative estimate of drug-likeness (QED) is 0.282. The average Bonchev–Trinajstić information content (AvgIpc) is 2.26. The molecule has 1 unspecified atom stereocenters. The Kier molecular flexibility index (Phi) is 9.81. The van der Waals surface area contributed by atoms with E-state index < -0.39 is 6.16 Å². The Morgan fingerprint density at radius 3 is 2.62 bits per heavy atom. The maximum atomic E-state index is 10.2. The summed E-state index contributed by atoms with van der Waals surface area (Å²) in [5.74, 6) is 0. The van der Waals surface area contributed by atoms with Crippen LogP contribution < -0.4 is 0 Å². The van der Waals surface area contributed by atoms with Crippen LogP contribution in [0.3, 0.4) is 0 Å². The first-order valence-corrected chi connectivity index (χ1v) is 5.88. The van der Waals surface area contributed by atoms with Gasteiger partial charge in [-0.05, 0) is 32.6 Å². The van der Waals surface area contributed by atoms with Crippen LogP contribution in [-0.4, -0.2) is 17.4 Å². The molecule has 1 N–H and O–H groups in total. The molecule has 0 radical (unpaired) electrons. The van der Waals surface area contributed by atoms with Gasteiger partial charge in [0.2, 0.25) is 0 Å².